The van der Waals surface area contributed by atoms with Crippen LogP contribution >= 0.6 is 0 Å². The van der Waals surface area contributed by atoms with Crippen LogP contribution in [0.1, 0.15) is 27.5 Å². The van der Waals surface area contributed by atoms with Crippen LogP contribution in [0.5, 0.6) is 0 Å². The van der Waals surface area contributed by atoms with Crippen molar-refractivity contribution < 1.29 is 71.6 Å². The molecule has 104 valence electrons. The molecule has 2 aromatic carbocycles. The van der Waals surface area contributed by atoms with Crippen molar-refractivity contribution in [2.24, 2.45) is 5.73 Å². The van der Waals surface area contributed by atoms with E-state index >= 15 is 0 Å². The second kappa shape index (κ2) is 9.21. The Morgan fingerprint density at radius 2 is 1.52 bits per heavy atom. The molecular formula is C15H14KNO4. The summed E-state index contributed by atoms with van der Waals surface area (Å²) in [5, 5.41) is 10.7. The summed E-state index contributed by atoms with van der Waals surface area (Å²) in [5.41, 5.74) is 6.77. The van der Waals surface area contributed by atoms with Gasteiger partial charge in [-0.25, -0.2) is 0 Å². The fourth-order valence-corrected chi connectivity index (χ4v) is 1.77. The molecule has 0 aromatic heterocycles. The molecule has 1 atom stereocenters. The average molecular weight is 311 g/mol. The van der Waals surface area contributed by atoms with Gasteiger partial charge < -0.3 is 21.1 Å². The standard InChI is InChI=1S/C15H13NO3.K.H2O/c16-13(15(18)19)11-7-4-8-12(9-11)14(17)10-5-2-1-3-6-10;;/h1-9,13H,16H2,(H,18,19);;1H2/q;+1;/p-1. The van der Waals surface area contributed by atoms with Gasteiger partial charge in [-0.15, -0.1) is 0 Å². The summed E-state index contributed by atoms with van der Waals surface area (Å²) in [6, 6.07) is 13.8. The Kier molecular flexibility index (Phi) is 8.84. The Balaban J connectivity index is 0.00000200. The monoisotopic (exact) mass is 311 g/mol. The fourth-order valence-electron chi connectivity index (χ4n) is 1.77. The van der Waals surface area contributed by atoms with E-state index in [2.05, 4.69) is 0 Å². The molecule has 2 aromatic rings. The topological polar surface area (TPSA) is 115 Å². The maximum Gasteiger partial charge on any atom is 1.00 e. The van der Waals surface area contributed by atoms with Crippen LogP contribution in [0.3, 0.4) is 0 Å². The molecule has 0 amide bonds. The van der Waals surface area contributed by atoms with Gasteiger partial charge in [0, 0.05) is 11.1 Å². The summed E-state index contributed by atoms with van der Waals surface area (Å²) in [6.45, 7) is 0. The van der Waals surface area contributed by atoms with Gasteiger partial charge in [0.2, 0.25) is 0 Å². The number of carboxylic acid groups (broad SMARTS) is 1. The van der Waals surface area contributed by atoms with Crippen molar-refractivity contribution in [3.63, 3.8) is 0 Å². The predicted octanol–water partition coefficient (Wildman–Crippen LogP) is -3.15. The first-order valence-corrected chi connectivity index (χ1v) is 5.76. The van der Waals surface area contributed by atoms with Gasteiger partial charge in [-0.05, 0) is 11.6 Å². The van der Waals surface area contributed by atoms with Crippen LogP contribution in [0.15, 0.2) is 54.6 Å². The van der Waals surface area contributed by atoms with Crippen molar-refractivity contribution in [3.05, 3.63) is 71.3 Å². The van der Waals surface area contributed by atoms with Gasteiger partial charge in [0.05, 0.1) is 12.0 Å². The molecule has 21 heavy (non-hydrogen) atoms. The van der Waals surface area contributed by atoms with Crippen LogP contribution in [-0.2, 0) is 4.79 Å². The molecule has 4 N–H and O–H groups in total. The minimum Gasteiger partial charge on any atom is -0.548 e. The minimum absolute atomic E-state index is 0. The van der Waals surface area contributed by atoms with Gasteiger partial charge in [-0.3, -0.25) is 4.79 Å². The van der Waals surface area contributed by atoms with E-state index in [0.29, 0.717) is 16.7 Å². The van der Waals surface area contributed by atoms with Gasteiger partial charge in [0.15, 0.2) is 5.78 Å². The zero-order chi connectivity index (χ0) is 13.8. The second-order valence-corrected chi connectivity index (χ2v) is 4.12. The predicted molar refractivity (Wildman–Crippen MR) is 71.9 cm³/mol. The average Bonchev–Trinajstić information content (AvgIpc) is 2.46. The molecule has 0 spiro atoms. The molecule has 0 aliphatic rings. The van der Waals surface area contributed by atoms with Crippen molar-refractivity contribution in [2.45, 2.75) is 6.04 Å². The van der Waals surface area contributed by atoms with E-state index in [1.54, 1.807) is 42.5 Å². The third-order valence-corrected chi connectivity index (χ3v) is 2.80. The number of carbonyl (C=O) groups is 2. The van der Waals surface area contributed by atoms with E-state index in [-0.39, 0.29) is 62.6 Å². The second-order valence-electron chi connectivity index (χ2n) is 4.12. The first kappa shape index (κ1) is 20.1. The minimum atomic E-state index is -1.37. The van der Waals surface area contributed by atoms with E-state index in [4.69, 9.17) is 5.73 Å². The molecule has 0 saturated carbocycles. The molecule has 0 bridgehead atoms. The number of benzene rings is 2. The van der Waals surface area contributed by atoms with Crippen LogP contribution in [0.25, 0.3) is 0 Å². The Morgan fingerprint density at radius 1 is 0.952 bits per heavy atom. The smallest absolute Gasteiger partial charge is 0.548 e. The first-order valence-electron chi connectivity index (χ1n) is 5.76. The van der Waals surface area contributed by atoms with Crippen LogP contribution in [0.4, 0.5) is 0 Å². The maximum atomic E-state index is 12.2. The number of carbonyl (C=O) groups excluding carboxylic acids is 2. The number of nitrogens with two attached hydrogens (primary N) is 1. The van der Waals surface area contributed by atoms with E-state index in [1.807, 2.05) is 6.07 Å². The van der Waals surface area contributed by atoms with Gasteiger partial charge in [-0.1, -0.05) is 48.5 Å². The summed E-state index contributed by atoms with van der Waals surface area (Å²) < 4.78 is 0. The summed E-state index contributed by atoms with van der Waals surface area (Å²) >= 11 is 0. The normalized spacial score (nSPS) is 10.7. The Hall–Kier alpha value is -0.864. The molecule has 2 rings (SSSR count). The van der Waals surface area contributed by atoms with Crippen LogP contribution in [0, 0.1) is 0 Å². The van der Waals surface area contributed by atoms with E-state index in [9.17, 15) is 14.7 Å². The molecule has 0 saturated heterocycles. The Bertz CT molecular complexity index is 616. The number of hydrogen-bond acceptors (Lipinski definition) is 4. The molecule has 0 radical (unpaired) electrons. The molecule has 5 nitrogen and oxygen atoms in total. The zero-order valence-electron chi connectivity index (χ0n) is 11.6. The van der Waals surface area contributed by atoms with Crippen molar-refractivity contribution in [1.82, 2.24) is 0 Å². The number of rotatable bonds is 4. The Morgan fingerprint density at radius 3 is 2.10 bits per heavy atom. The van der Waals surface area contributed by atoms with E-state index in [0.717, 1.165) is 0 Å². The largest absolute Gasteiger partial charge is 1.00 e. The van der Waals surface area contributed by atoms with Crippen LogP contribution < -0.4 is 62.2 Å². The summed E-state index contributed by atoms with van der Waals surface area (Å²) in [7, 11) is 0. The molecule has 0 aliphatic carbocycles. The molecular weight excluding hydrogens is 297 g/mol. The molecule has 6 heteroatoms. The summed E-state index contributed by atoms with van der Waals surface area (Å²) in [6.07, 6.45) is 0. The van der Waals surface area contributed by atoms with E-state index < -0.39 is 12.0 Å². The van der Waals surface area contributed by atoms with Gasteiger partial charge in [0.1, 0.15) is 0 Å². The van der Waals surface area contributed by atoms with Gasteiger partial charge in [-0.2, -0.15) is 0 Å². The van der Waals surface area contributed by atoms with Crippen molar-refractivity contribution in [2.75, 3.05) is 0 Å². The zero-order valence-corrected chi connectivity index (χ0v) is 14.7. The number of hydrogen-bond donors (Lipinski definition) is 1. The van der Waals surface area contributed by atoms with Crippen LogP contribution in [0.2, 0.25) is 0 Å². The first-order chi connectivity index (χ1) is 9.09. The number of ketones is 1. The molecule has 0 fully saturated rings. The third-order valence-electron chi connectivity index (χ3n) is 2.80. The maximum absolute atomic E-state index is 12.2. The quantitative estimate of drug-likeness (QED) is 0.474. The summed E-state index contributed by atoms with van der Waals surface area (Å²) in [5.74, 6) is -1.54. The van der Waals surface area contributed by atoms with Crippen molar-refractivity contribution >= 4 is 11.8 Å². The Labute approximate surface area is 164 Å². The van der Waals surface area contributed by atoms with Crippen molar-refractivity contribution in [3.8, 4) is 0 Å². The number of aliphatic carboxylic acids is 1. The van der Waals surface area contributed by atoms with Gasteiger partial charge in [0.25, 0.3) is 0 Å². The molecule has 1 unspecified atom stereocenters. The van der Waals surface area contributed by atoms with Crippen LogP contribution in [-0.4, -0.2) is 17.2 Å². The van der Waals surface area contributed by atoms with Crippen molar-refractivity contribution in [1.29, 1.82) is 0 Å². The third kappa shape index (κ3) is 5.12. The SMILES string of the molecule is NC(C(=O)[O-])c1cccc(C(=O)c2ccccc2)c1.O.[K+]. The van der Waals surface area contributed by atoms with Gasteiger partial charge >= 0.3 is 51.4 Å². The fraction of sp³-hybridized carbons (Fsp3) is 0.0667. The molecule has 0 aliphatic heterocycles. The molecule has 0 heterocycles. The number of carboxylic acids is 1. The summed E-state index contributed by atoms with van der Waals surface area (Å²) in [4.78, 5) is 22.9. The van der Waals surface area contributed by atoms with E-state index in [1.165, 1.54) is 6.07 Å².